The summed E-state index contributed by atoms with van der Waals surface area (Å²) in [5.41, 5.74) is 0.749. The lowest BCUT2D eigenvalue weighted by atomic mass is 10.4. The first-order valence-corrected chi connectivity index (χ1v) is 6.19. The predicted octanol–water partition coefficient (Wildman–Crippen LogP) is 1.52. The number of rotatable bonds is 9. The minimum atomic E-state index is -0.978. The second kappa shape index (κ2) is 7.94. The molecule has 0 spiro atoms. The van der Waals surface area contributed by atoms with Gasteiger partial charge in [0.1, 0.15) is 0 Å². The van der Waals surface area contributed by atoms with Gasteiger partial charge in [-0.15, -0.1) is 17.9 Å². The average molecular weight is 256 g/mol. The largest absolute Gasteiger partial charge is 0.476 e. The zero-order chi connectivity index (χ0) is 12.5. The number of carboxylic acids is 1. The van der Waals surface area contributed by atoms with E-state index in [1.165, 1.54) is 0 Å². The molecule has 0 amide bonds. The highest BCUT2D eigenvalue weighted by Gasteiger charge is 2.07. The molecule has 0 bridgehead atoms. The smallest absolute Gasteiger partial charge is 0.365 e. The molecule has 6 heteroatoms. The van der Waals surface area contributed by atoms with Crippen molar-refractivity contribution in [2.45, 2.75) is 13.0 Å². The molecule has 0 saturated heterocycles. The van der Waals surface area contributed by atoms with Gasteiger partial charge in [-0.25, -0.2) is 9.78 Å². The van der Waals surface area contributed by atoms with Crippen molar-refractivity contribution in [3.8, 4) is 0 Å². The average Bonchev–Trinajstić information content (AvgIpc) is 2.77. The number of carbonyl (C=O) groups is 1. The molecule has 0 aliphatic heterocycles. The van der Waals surface area contributed by atoms with Crippen LogP contribution in [0.4, 0.5) is 0 Å². The molecule has 0 aliphatic carbocycles. The van der Waals surface area contributed by atoms with Gasteiger partial charge in [0.25, 0.3) is 0 Å². The zero-order valence-electron chi connectivity index (χ0n) is 9.52. The van der Waals surface area contributed by atoms with E-state index in [-0.39, 0.29) is 5.01 Å². The SMILES string of the molecule is C=CCCOCCNCc1csc(C(=O)O)n1. The van der Waals surface area contributed by atoms with E-state index in [2.05, 4.69) is 16.9 Å². The summed E-state index contributed by atoms with van der Waals surface area (Å²) in [6, 6.07) is 0. The number of carboxylic acid groups (broad SMARTS) is 1. The highest BCUT2D eigenvalue weighted by atomic mass is 32.1. The normalized spacial score (nSPS) is 10.4. The van der Waals surface area contributed by atoms with Crippen LogP contribution in [-0.2, 0) is 11.3 Å². The topological polar surface area (TPSA) is 71.5 Å². The van der Waals surface area contributed by atoms with Gasteiger partial charge < -0.3 is 15.2 Å². The summed E-state index contributed by atoms with van der Waals surface area (Å²) in [4.78, 5) is 14.5. The van der Waals surface area contributed by atoms with E-state index in [1.54, 1.807) is 5.38 Å². The fraction of sp³-hybridized carbons (Fsp3) is 0.455. The number of nitrogens with zero attached hydrogens (tertiary/aromatic N) is 1. The lowest BCUT2D eigenvalue weighted by Crippen LogP contribution is -2.19. The van der Waals surface area contributed by atoms with Gasteiger partial charge in [0, 0.05) is 18.5 Å². The molecule has 17 heavy (non-hydrogen) atoms. The fourth-order valence-corrected chi connectivity index (χ4v) is 1.77. The van der Waals surface area contributed by atoms with Gasteiger partial charge in [-0.05, 0) is 6.42 Å². The van der Waals surface area contributed by atoms with Crippen LogP contribution in [0.2, 0.25) is 0 Å². The maximum atomic E-state index is 10.6. The lowest BCUT2D eigenvalue weighted by molar-refractivity contribution is 0.0696. The summed E-state index contributed by atoms with van der Waals surface area (Å²) in [5, 5.41) is 13.7. The first kappa shape index (κ1) is 13.8. The lowest BCUT2D eigenvalue weighted by Gasteiger charge is -2.03. The second-order valence-corrected chi connectivity index (χ2v) is 4.17. The summed E-state index contributed by atoms with van der Waals surface area (Å²) in [7, 11) is 0. The Morgan fingerprint density at radius 2 is 2.47 bits per heavy atom. The van der Waals surface area contributed by atoms with Crippen molar-refractivity contribution in [1.29, 1.82) is 0 Å². The van der Waals surface area contributed by atoms with Crippen LogP contribution in [0.1, 0.15) is 21.9 Å². The summed E-state index contributed by atoms with van der Waals surface area (Å²) in [6.45, 7) is 6.20. The van der Waals surface area contributed by atoms with Gasteiger partial charge in [0.05, 0.1) is 18.9 Å². The van der Waals surface area contributed by atoms with Gasteiger partial charge >= 0.3 is 5.97 Å². The van der Waals surface area contributed by atoms with Gasteiger partial charge in [-0.2, -0.15) is 0 Å². The molecule has 0 atom stereocenters. The third-order valence-corrected chi connectivity index (χ3v) is 2.81. The number of thiazole rings is 1. The summed E-state index contributed by atoms with van der Waals surface area (Å²) >= 11 is 1.14. The Kier molecular flexibility index (Phi) is 6.46. The zero-order valence-corrected chi connectivity index (χ0v) is 10.3. The molecular formula is C11H16N2O3S. The van der Waals surface area contributed by atoms with E-state index in [4.69, 9.17) is 9.84 Å². The predicted molar refractivity (Wildman–Crippen MR) is 66.4 cm³/mol. The Balaban J connectivity index is 2.09. The van der Waals surface area contributed by atoms with Gasteiger partial charge in [-0.1, -0.05) is 6.08 Å². The number of hydrogen-bond donors (Lipinski definition) is 2. The van der Waals surface area contributed by atoms with Crippen LogP contribution in [0.3, 0.4) is 0 Å². The van der Waals surface area contributed by atoms with Crippen LogP contribution >= 0.6 is 11.3 Å². The summed E-state index contributed by atoms with van der Waals surface area (Å²) in [5.74, 6) is -0.978. The molecule has 0 fully saturated rings. The second-order valence-electron chi connectivity index (χ2n) is 3.32. The van der Waals surface area contributed by atoms with Crippen LogP contribution in [0.5, 0.6) is 0 Å². The Labute approximate surface area is 104 Å². The Hall–Kier alpha value is -1.24. The molecule has 0 saturated carbocycles. The number of aromatic carboxylic acids is 1. The molecule has 1 heterocycles. The highest BCUT2D eigenvalue weighted by Crippen LogP contribution is 2.08. The minimum Gasteiger partial charge on any atom is -0.476 e. The maximum Gasteiger partial charge on any atom is 0.365 e. The molecule has 94 valence electrons. The maximum absolute atomic E-state index is 10.6. The molecule has 1 aromatic heterocycles. The molecule has 5 nitrogen and oxygen atoms in total. The summed E-state index contributed by atoms with van der Waals surface area (Å²) < 4.78 is 5.31. The van der Waals surface area contributed by atoms with Crippen molar-refractivity contribution in [2.24, 2.45) is 0 Å². The first-order chi connectivity index (χ1) is 8.24. The van der Waals surface area contributed by atoms with Crippen molar-refractivity contribution in [1.82, 2.24) is 10.3 Å². The first-order valence-electron chi connectivity index (χ1n) is 5.31. The van der Waals surface area contributed by atoms with E-state index in [1.807, 2.05) is 6.08 Å². The molecule has 1 aromatic rings. The minimum absolute atomic E-state index is 0.129. The van der Waals surface area contributed by atoms with Crippen molar-refractivity contribution in [3.63, 3.8) is 0 Å². The van der Waals surface area contributed by atoms with Crippen molar-refractivity contribution < 1.29 is 14.6 Å². The van der Waals surface area contributed by atoms with Crippen LogP contribution < -0.4 is 5.32 Å². The van der Waals surface area contributed by atoms with Crippen molar-refractivity contribution in [2.75, 3.05) is 19.8 Å². The van der Waals surface area contributed by atoms with Crippen LogP contribution in [0, 0.1) is 0 Å². The third-order valence-electron chi connectivity index (χ3n) is 1.93. The molecule has 1 rings (SSSR count). The monoisotopic (exact) mass is 256 g/mol. The van der Waals surface area contributed by atoms with Gasteiger partial charge in [0.2, 0.25) is 5.01 Å². The molecule has 0 unspecified atom stereocenters. The summed E-state index contributed by atoms with van der Waals surface area (Å²) in [6.07, 6.45) is 2.67. The van der Waals surface area contributed by atoms with E-state index in [0.29, 0.717) is 19.8 Å². The number of ether oxygens (including phenoxy) is 1. The number of hydrogen-bond acceptors (Lipinski definition) is 5. The molecule has 0 aromatic carbocycles. The quantitative estimate of drug-likeness (QED) is 0.518. The van der Waals surface area contributed by atoms with E-state index in [9.17, 15) is 4.79 Å². The van der Waals surface area contributed by atoms with Gasteiger partial charge in [0.15, 0.2) is 0 Å². The van der Waals surface area contributed by atoms with Crippen molar-refractivity contribution >= 4 is 17.3 Å². The molecular weight excluding hydrogens is 240 g/mol. The Bertz CT molecular complexity index is 365. The molecule has 2 N–H and O–H groups in total. The van der Waals surface area contributed by atoms with E-state index < -0.39 is 5.97 Å². The highest BCUT2D eigenvalue weighted by molar-refractivity contribution is 7.11. The van der Waals surface area contributed by atoms with Crippen LogP contribution in [0.15, 0.2) is 18.0 Å². The Morgan fingerprint density at radius 1 is 1.65 bits per heavy atom. The van der Waals surface area contributed by atoms with E-state index >= 15 is 0 Å². The third kappa shape index (κ3) is 5.58. The van der Waals surface area contributed by atoms with Gasteiger partial charge in [-0.3, -0.25) is 0 Å². The standard InChI is InChI=1S/C11H16N2O3S/c1-2-3-5-16-6-4-12-7-9-8-17-10(13-9)11(14)15/h2,8,12H,1,3-7H2,(H,14,15). The number of nitrogens with one attached hydrogen (secondary N) is 1. The number of aromatic nitrogens is 1. The Morgan fingerprint density at radius 3 is 3.12 bits per heavy atom. The fourth-order valence-electron chi connectivity index (χ4n) is 1.12. The van der Waals surface area contributed by atoms with Crippen LogP contribution in [0.25, 0.3) is 0 Å². The van der Waals surface area contributed by atoms with Crippen LogP contribution in [-0.4, -0.2) is 35.8 Å². The molecule has 0 aliphatic rings. The molecule has 0 radical (unpaired) electrons. The van der Waals surface area contributed by atoms with Crippen molar-refractivity contribution in [3.05, 3.63) is 28.7 Å². The van der Waals surface area contributed by atoms with E-state index in [0.717, 1.165) is 30.0 Å².